The topological polar surface area (TPSA) is 107 Å². The van der Waals surface area contributed by atoms with Crippen molar-refractivity contribution in [2.24, 2.45) is 5.84 Å². The Morgan fingerprint density at radius 2 is 2.05 bits per heavy atom. The Kier molecular flexibility index (Phi) is 3.70. The molecule has 0 radical (unpaired) electrons. The Labute approximate surface area is 115 Å². The molecule has 1 aliphatic heterocycles. The van der Waals surface area contributed by atoms with Gasteiger partial charge in [-0.15, -0.1) is 0 Å². The van der Waals surface area contributed by atoms with Gasteiger partial charge in [0.15, 0.2) is 0 Å². The van der Waals surface area contributed by atoms with Crippen LogP contribution in [-0.4, -0.2) is 51.0 Å². The average Bonchev–Trinajstić information content (AvgIpc) is 2.89. The van der Waals surface area contributed by atoms with Gasteiger partial charge in [-0.25, -0.2) is 10.5 Å². The molecule has 0 bridgehead atoms. The number of aromatic nitrogens is 5. The van der Waals surface area contributed by atoms with E-state index in [9.17, 15) is 0 Å². The van der Waals surface area contributed by atoms with Gasteiger partial charge in [0, 0.05) is 32.1 Å². The molecule has 0 unspecified atom stereocenters. The van der Waals surface area contributed by atoms with Gasteiger partial charge in [0.05, 0.1) is 6.61 Å². The second kappa shape index (κ2) is 5.80. The van der Waals surface area contributed by atoms with Crippen LogP contribution in [0.4, 0.5) is 11.9 Å². The van der Waals surface area contributed by atoms with E-state index in [1.807, 2.05) is 0 Å². The van der Waals surface area contributed by atoms with Crippen molar-refractivity contribution in [2.45, 2.75) is 6.42 Å². The number of ether oxygens (including phenoxy) is 1. The van der Waals surface area contributed by atoms with Gasteiger partial charge in [-0.1, -0.05) is 0 Å². The van der Waals surface area contributed by atoms with Crippen LogP contribution in [0, 0.1) is 0 Å². The molecule has 0 aliphatic carbocycles. The molecule has 0 amide bonds. The van der Waals surface area contributed by atoms with Crippen LogP contribution in [-0.2, 0) is 4.74 Å². The summed E-state index contributed by atoms with van der Waals surface area (Å²) in [6, 6.07) is 1.80. The number of nitrogens with zero attached hydrogens (tertiary/aromatic N) is 6. The summed E-state index contributed by atoms with van der Waals surface area (Å²) < 4.78 is 7.00. The van der Waals surface area contributed by atoms with Crippen molar-refractivity contribution in [3.05, 3.63) is 18.5 Å². The van der Waals surface area contributed by atoms with Crippen molar-refractivity contribution in [3.63, 3.8) is 0 Å². The molecule has 0 aromatic carbocycles. The highest BCUT2D eigenvalue weighted by Crippen LogP contribution is 2.14. The van der Waals surface area contributed by atoms with Gasteiger partial charge in [0.25, 0.3) is 5.95 Å². The van der Waals surface area contributed by atoms with Crippen molar-refractivity contribution in [3.8, 4) is 5.95 Å². The Balaban J connectivity index is 1.95. The van der Waals surface area contributed by atoms with Crippen LogP contribution < -0.4 is 16.2 Å². The van der Waals surface area contributed by atoms with Crippen molar-refractivity contribution >= 4 is 11.9 Å². The lowest BCUT2D eigenvalue weighted by molar-refractivity contribution is 0.152. The van der Waals surface area contributed by atoms with Crippen LogP contribution in [0.25, 0.3) is 5.95 Å². The predicted octanol–water partition coefficient (Wildman–Crippen LogP) is -0.430. The van der Waals surface area contributed by atoms with Crippen LogP contribution in [0.5, 0.6) is 0 Å². The molecule has 9 nitrogen and oxygen atoms in total. The molecule has 3 N–H and O–H groups in total. The number of nitrogens with one attached hydrogen (secondary N) is 1. The minimum atomic E-state index is 0.311. The minimum Gasteiger partial charge on any atom is -0.380 e. The zero-order valence-corrected chi connectivity index (χ0v) is 10.9. The molecule has 2 aromatic rings. The Morgan fingerprint density at radius 1 is 1.15 bits per heavy atom. The Morgan fingerprint density at radius 3 is 2.85 bits per heavy atom. The van der Waals surface area contributed by atoms with Crippen LogP contribution >= 0.6 is 0 Å². The summed E-state index contributed by atoms with van der Waals surface area (Å²) in [5.74, 6) is 6.74. The molecule has 3 rings (SSSR count). The normalized spacial score (nSPS) is 15.9. The van der Waals surface area contributed by atoms with Gasteiger partial charge in [-0.2, -0.15) is 20.1 Å². The minimum absolute atomic E-state index is 0.311. The van der Waals surface area contributed by atoms with E-state index in [0.717, 1.165) is 26.1 Å². The molecule has 9 heteroatoms. The number of anilines is 2. The van der Waals surface area contributed by atoms with E-state index in [1.54, 1.807) is 23.1 Å². The van der Waals surface area contributed by atoms with Gasteiger partial charge >= 0.3 is 0 Å². The fourth-order valence-electron chi connectivity index (χ4n) is 2.00. The summed E-state index contributed by atoms with van der Waals surface area (Å²) in [4.78, 5) is 15.0. The van der Waals surface area contributed by atoms with Crippen molar-refractivity contribution in [1.29, 1.82) is 0 Å². The summed E-state index contributed by atoms with van der Waals surface area (Å²) in [5, 5.41) is 4.12. The zero-order valence-electron chi connectivity index (χ0n) is 10.9. The molecule has 2 aromatic heterocycles. The van der Waals surface area contributed by atoms with E-state index in [-0.39, 0.29) is 0 Å². The molecule has 106 valence electrons. The third kappa shape index (κ3) is 2.68. The summed E-state index contributed by atoms with van der Waals surface area (Å²) in [5.41, 5.74) is 2.46. The Bertz CT molecular complexity index is 550. The first-order chi connectivity index (χ1) is 9.86. The summed E-state index contributed by atoms with van der Waals surface area (Å²) in [6.07, 6.45) is 4.37. The van der Waals surface area contributed by atoms with Gasteiger partial charge in [0.2, 0.25) is 11.9 Å². The average molecular weight is 276 g/mol. The maximum Gasteiger partial charge on any atom is 0.257 e. The molecule has 1 aliphatic rings. The van der Waals surface area contributed by atoms with Gasteiger partial charge in [-0.3, -0.25) is 5.43 Å². The maximum atomic E-state index is 5.43. The molecule has 20 heavy (non-hydrogen) atoms. The lowest BCUT2D eigenvalue weighted by atomic mass is 10.4. The van der Waals surface area contributed by atoms with Crippen LogP contribution in [0.15, 0.2) is 18.5 Å². The first kappa shape index (κ1) is 12.8. The molecule has 0 spiro atoms. The highest BCUT2D eigenvalue weighted by Gasteiger charge is 2.16. The highest BCUT2D eigenvalue weighted by molar-refractivity contribution is 5.39. The molecule has 3 heterocycles. The number of hydrogen-bond donors (Lipinski definition) is 2. The van der Waals surface area contributed by atoms with Gasteiger partial charge < -0.3 is 9.64 Å². The van der Waals surface area contributed by atoms with E-state index in [0.29, 0.717) is 24.5 Å². The predicted molar refractivity (Wildman–Crippen MR) is 72.4 cm³/mol. The third-order valence-corrected chi connectivity index (χ3v) is 2.96. The summed E-state index contributed by atoms with van der Waals surface area (Å²) in [6.45, 7) is 3.00. The maximum absolute atomic E-state index is 5.43. The molecular weight excluding hydrogens is 260 g/mol. The van der Waals surface area contributed by atoms with Crippen molar-refractivity contribution in [1.82, 2.24) is 24.7 Å². The van der Waals surface area contributed by atoms with E-state index in [4.69, 9.17) is 10.6 Å². The van der Waals surface area contributed by atoms with E-state index in [2.05, 4.69) is 30.4 Å². The second-order valence-electron chi connectivity index (χ2n) is 4.31. The molecule has 1 fully saturated rings. The third-order valence-electron chi connectivity index (χ3n) is 2.96. The van der Waals surface area contributed by atoms with Crippen molar-refractivity contribution < 1.29 is 4.74 Å². The largest absolute Gasteiger partial charge is 0.380 e. The quantitative estimate of drug-likeness (QED) is 0.574. The fraction of sp³-hybridized carbons (Fsp3) is 0.455. The molecular formula is C11H16N8O. The Hall–Kier alpha value is -2.26. The van der Waals surface area contributed by atoms with E-state index < -0.39 is 0 Å². The smallest absolute Gasteiger partial charge is 0.257 e. The first-order valence-electron chi connectivity index (χ1n) is 6.42. The van der Waals surface area contributed by atoms with Crippen LogP contribution in [0.3, 0.4) is 0 Å². The number of hydrazine groups is 1. The number of nitrogens with two attached hydrogens (primary N) is 1. The number of rotatable bonds is 3. The zero-order chi connectivity index (χ0) is 13.8. The molecule has 1 saturated heterocycles. The number of nitrogen functional groups attached to an aromatic ring is 1. The van der Waals surface area contributed by atoms with Crippen LogP contribution in [0.2, 0.25) is 0 Å². The fourth-order valence-corrected chi connectivity index (χ4v) is 2.00. The summed E-state index contributed by atoms with van der Waals surface area (Å²) in [7, 11) is 0. The first-order valence-corrected chi connectivity index (χ1v) is 6.42. The molecule has 0 saturated carbocycles. The standard InChI is InChI=1S/C11H16N8O/c12-17-9-14-10(18-4-2-7-20-8-6-18)16-11(15-9)19-5-1-3-13-19/h1,3,5H,2,4,6-8,12H2,(H,14,15,16,17). The van der Waals surface area contributed by atoms with Crippen molar-refractivity contribution in [2.75, 3.05) is 36.6 Å². The van der Waals surface area contributed by atoms with Gasteiger partial charge in [0.1, 0.15) is 0 Å². The van der Waals surface area contributed by atoms with Crippen LogP contribution in [0.1, 0.15) is 6.42 Å². The summed E-state index contributed by atoms with van der Waals surface area (Å²) >= 11 is 0. The number of hydrogen-bond acceptors (Lipinski definition) is 8. The lowest BCUT2D eigenvalue weighted by Crippen LogP contribution is -2.29. The second-order valence-corrected chi connectivity index (χ2v) is 4.31. The SMILES string of the molecule is NNc1nc(N2CCCOCC2)nc(-n2cccn2)n1. The van der Waals surface area contributed by atoms with E-state index in [1.165, 1.54) is 0 Å². The lowest BCUT2D eigenvalue weighted by Gasteiger charge is -2.20. The van der Waals surface area contributed by atoms with Gasteiger partial charge in [-0.05, 0) is 12.5 Å². The highest BCUT2D eigenvalue weighted by atomic mass is 16.5. The van der Waals surface area contributed by atoms with E-state index >= 15 is 0 Å². The molecule has 0 atom stereocenters. The monoisotopic (exact) mass is 276 g/mol.